The maximum absolute atomic E-state index is 8.46. The summed E-state index contributed by atoms with van der Waals surface area (Å²) >= 11 is 1.34. The van der Waals surface area contributed by atoms with E-state index in [1.54, 1.807) is 24.5 Å². The number of oxazole rings is 1. The van der Waals surface area contributed by atoms with Crippen molar-refractivity contribution in [1.29, 1.82) is 0 Å². The molecule has 3 N–H and O–H groups in total. The van der Waals surface area contributed by atoms with Gasteiger partial charge >= 0.3 is 0 Å². The Labute approximate surface area is 95.2 Å². The first-order valence-electron chi connectivity index (χ1n) is 4.31. The Bertz CT molecular complexity index is 481. The Balaban J connectivity index is 2.14. The van der Waals surface area contributed by atoms with E-state index in [4.69, 9.17) is 15.4 Å². The van der Waals surface area contributed by atoms with E-state index in [0.29, 0.717) is 10.9 Å². The zero-order chi connectivity index (χ0) is 11.4. The van der Waals surface area contributed by atoms with E-state index in [9.17, 15) is 0 Å². The highest BCUT2D eigenvalue weighted by molar-refractivity contribution is 7.99. The molecule has 0 bridgehead atoms. The number of hydrogen-bond acceptors (Lipinski definition) is 6. The second-order valence-corrected chi connectivity index (χ2v) is 3.79. The molecule has 0 aliphatic rings. The molecule has 82 valence electrons. The molecule has 0 radical (unpaired) electrons. The lowest BCUT2D eigenvalue weighted by Gasteiger charge is -1.99. The molecule has 7 heteroatoms. The molecule has 0 amide bonds. The summed E-state index contributed by atoms with van der Waals surface area (Å²) in [6.45, 7) is 0. The number of nitrogens with zero attached hydrogens (tertiary/aromatic N) is 3. The predicted octanol–water partition coefficient (Wildman–Crippen LogP) is 1.32. The highest BCUT2D eigenvalue weighted by atomic mass is 32.2. The molecule has 0 atom stereocenters. The Morgan fingerprint density at radius 1 is 1.44 bits per heavy atom. The largest absolute Gasteiger partial charge is 0.440 e. The molecule has 2 rings (SSSR count). The van der Waals surface area contributed by atoms with Gasteiger partial charge in [-0.05, 0) is 23.9 Å². The van der Waals surface area contributed by atoms with Crippen LogP contribution in [-0.4, -0.2) is 21.0 Å². The number of nitrogens with two attached hydrogens (primary N) is 1. The van der Waals surface area contributed by atoms with Gasteiger partial charge in [0.1, 0.15) is 12.0 Å². The van der Waals surface area contributed by atoms with Crippen molar-refractivity contribution in [1.82, 2.24) is 9.97 Å². The second kappa shape index (κ2) is 4.67. The fraction of sp³-hybridized carbons (Fsp3) is 0. The lowest BCUT2D eigenvalue weighted by atomic mass is 10.3. The van der Waals surface area contributed by atoms with Crippen molar-refractivity contribution in [2.75, 3.05) is 0 Å². The van der Waals surface area contributed by atoms with Crippen molar-refractivity contribution in [3.05, 3.63) is 36.5 Å². The third-order valence-electron chi connectivity index (χ3n) is 1.72. The first-order chi connectivity index (χ1) is 7.79. The van der Waals surface area contributed by atoms with Crippen LogP contribution >= 0.6 is 11.8 Å². The molecule has 2 aromatic rings. The van der Waals surface area contributed by atoms with Gasteiger partial charge in [-0.3, -0.25) is 4.98 Å². The van der Waals surface area contributed by atoms with Crippen LogP contribution in [0.2, 0.25) is 0 Å². The zero-order valence-electron chi connectivity index (χ0n) is 8.07. The van der Waals surface area contributed by atoms with Gasteiger partial charge in [0.25, 0.3) is 5.22 Å². The molecule has 0 spiro atoms. The Kier molecular flexibility index (Phi) is 3.06. The molecule has 2 heterocycles. The summed E-state index contributed by atoms with van der Waals surface area (Å²) in [6.07, 6.45) is 4.67. The lowest BCUT2D eigenvalue weighted by Crippen LogP contribution is -2.14. The van der Waals surface area contributed by atoms with Crippen molar-refractivity contribution >= 4 is 17.6 Å². The Morgan fingerprint density at radius 2 is 2.31 bits per heavy atom. The van der Waals surface area contributed by atoms with Crippen molar-refractivity contribution in [3.8, 4) is 0 Å². The quantitative estimate of drug-likeness (QED) is 0.361. The lowest BCUT2D eigenvalue weighted by molar-refractivity contribution is 0.318. The molecule has 0 saturated heterocycles. The molecule has 0 aliphatic carbocycles. The Hall–Kier alpha value is -2.02. The number of rotatable bonds is 3. The van der Waals surface area contributed by atoms with Crippen molar-refractivity contribution in [2.45, 2.75) is 10.1 Å². The van der Waals surface area contributed by atoms with Crippen LogP contribution in [-0.2, 0) is 0 Å². The molecule has 6 nitrogen and oxygen atoms in total. The average molecular weight is 236 g/mol. The summed E-state index contributed by atoms with van der Waals surface area (Å²) < 4.78 is 5.07. The maximum Gasteiger partial charge on any atom is 0.260 e. The molecule has 0 saturated carbocycles. The molecule has 0 fully saturated rings. The third kappa shape index (κ3) is 2.31. The van der Waals surface area contributed by atoms with Crippen LogP contribution in [0.3, 0.4) is 0 Å². The van der Waals surface area contributed by atoms with Gasteiger partial charge in [0.2, 0.25) is 0 Å². The fourth-order valence-corrected chi connectivity index (χ4v) is 1.67. The van der Waals surface area contributed by atoms with Gasteiger partial charge in [0.05, 0.1) is 6.20 Å². The average Bonchev–Trinajstić information content (AvgIpc) is 2.82. The molecule has 2 aromatic heterocycles. The van der Waals surface area contributed by atoms with Gasteiger partial charge in [0.15, 0.2) is 5.84 Å². The van der Waals surface area contributed by atoms with Gasteiger partial charge in [-0.1, -0.05) is 5.16 Å². The summed E-state index contributed by atoms with van der Waals surface area (Å²) in [5.74, 6) is -0.0207. The van der Waals surface area contributed by atoms with Gasteiger partial charge in [-0.25, -0.2) is 4.98 Å². The van der Waals surface area contributed by atoms with Gasteiger partial charge in [-0.2, -0.15) is 0 Å². The van der Waals surface area contributed by atoms with Crippen LogP contribution in [0.1, 0.15) is 5.69 Å². The standard InChI is InChI=1S/C9H8N4O2S/c10-8(13-14)7-2-1-6(5-12-7)16-9-11-3-4-15-9/h1-5,14H,(H2,10,13). The maximum atomic E-state index is 8.46. The van der Waals surface area contributed by atoms with Crippen molar-refractivity contribution in [2.24, 2.45) is 10.9 Å². The van der Waals surface area contributed by atoms with E-state index in [1.807, 2.05) is 0 Å². The fourth-order valence-electron chi connectivity index (χ4n) is 1.00. The van der Waals surface area contributed by atoms with Crippen molar-refractivity contribution in [3.63, 3.8) is 0 Å². The molecule has 16 heavy (non-hydrogen) atoms. The van der Waals surface area contributed by atoms with E-state index in [-0.39, 0.29) is 5.84 Å². The second-order valence-electron chi connectivity index (χ2n) is 2.76. The predicted molar refractivity (Wildman–Crippen MR) is 57.4 cm³/mol. The van der Waals surface area contributed by atoms with Gasteiger partial charge in [-0.15, -0.1) is 0 Å². The van der Waals surface area contributed by atoms with Crippen LogP contribution in [0.25, 0.3) is 0 Å². The molecule has 0 unspecified atom stereocenters. The van der Waals surface area contributed by atoms with Crippen LogP contribution in [0.5, 0.6) is 0 Å². The van der Waals surface area contributed by atoms with Crippen LogP contribution in [0.15, 0.2) is 50.5 Å². The van der Waals surface area contributed by atoms with E-state index >= 15 is 0 Å². The molecule has 0 aromatic carbocycles. The zero-order valence-corrected chi connectivity index (χ0v) is 8.89. The minimum atomic E-state index is -0.0207. The third-order valence-corrected chi connectivity index (χ3v) is 2.57. The van der Waals surface area contributed by atoms with Gasteiger partial charge in [0, 0.05) is 11.1 Å². The number of aromatic nitrogens is 2. The highest BCUT2D eigenvalue weighted by Gasteiger charge is 2.04. The van der Waals surface area contributed by atoms with E-state index in [0.717, 1.165) is 4.90 Å². The molecular formula is C9H8N4O2S. The summed E-state index contributed by atoms with van der Waals surface area (Å²) in [5, 5.41) is 11.9. The first-order valence-corrected chi connectivity index (χ1v) is 5.12. The molecular weight excluding hydrogens is 228 g/mol. The smallest absolute Gasteiger partial charge is 0.260 e. The topological polar surface area (TPSA) is 97.5 Å². The summed E-state index contributed by atoms with van der Waals surface area (Å²) in [5.41, 5.74) is 5.80. The normalized spacial score (nSPS) is 11.6. The van der Waals surface area contributed by atoms with E-state index < -0.39 is 0 Å². The summed E-state index contributed by atoms with van der Waals surface area (Å²) in [6, 6.07) is 3.44. The monoisotopic (exact) mass is 236 g/mol. The Morgan fingerprint density at radius 3 is 2.88 bits per heavy atom. The van der Waals surface area contributed by atoms with Crippen molar-refractivity contribution < 1.29 is 9.62 Å². The van der Waals surface area contributed by atoms with Crippen LogP contribution in [0.4, 0.5) is 0 Å². The molecule has 0 aliphatic heterocycles. The minimum Gasteiger partial charge on any atom is -0.440 e. The van der Waals surface area contributed by atoms with Gasteiger partial charge < -0.3 is 15.4 Å². The van der Waals surface area contributed by atoms with Crippen LogP contribution in [0, 0.1) is 0 Å². The summed E-state index contributed by atoms with van der Waals surface area (Å²) in [4.78, 5) is 8.85. The summed E-state index contributed by atoms with van der Waals surface area (Å²) in [7, 11) is 0. The number of oxime groups is 1. The highest BCUT2D eigenvalue weighted by Crippen LogP contribution is 2.24. The van der Waals surface area contributed by atoms with Crippen LogP contribution < -0.4 is 5.73 Å². The number of pyridine rings is 1. The SMILES string of the molecule is N/C(=N/O)c1ccc(Sc2ncco2)cn1. The minimum absolute atomic E-state index is 0.0207. The number of hydrogen-bond donors (Lipinski definition) is 2. The van der Waals surface area contributed by atoms with E-state index in [2.05, 4.69) is 15.1 Å². The number of amidine groups is 1. The van der Waals surface area contributed by atoms with E-state index in [1.165, 1.54) is 18.0 Å². The first kappa shape index (κ1) is 10.5.